The molecule has 2 aromatic carbocycles. The number of nitrogens with zero attached hydrogens (tertiary/aromatic N) is 1. The zero-order valence-electron chi connectivity index (χ0n) is 15.9. The van der Waals surface area contributed by atoms with Crippen LogP contribution < -0.4 is 5.32 Å². The van der Waals surface area contributed by atoms with Gasteiger partial charge in [-0.3, -0.25) is 9.59 Å². The van der Waals surface area contributed by atoms with Gasteiger partial charge in [-0.25, -0.2) is 0 Å². The quantitative estimate of drug-likeness (QED) is 0.574. The molecule has 0 saturated heterocycles. The number of rotatable bonds is 7. The van der Waals surface area contributed by atoms with E-state index in [1.165, 1.54) is 4.90 Å². The van der Waals surface area contributed by atoms with E-state index in [0.29, 0.717) is 15.6 Å². The number of nitrogens with one attached hydrogen (secondary N) is 1. The second kappa shape index (κ2) is 10.3. The summed E-state index contributed by atoms with van der Waals surface area (Å²) in [6, 6.07) is 13.5. The van der Waals surface area contributed by atoms with E-state index in [4.69, 9.17) is 34.8 Å². The van der Waals surface area contributed by atoms with Crippen LogP contribution in [0.25, 0.3) is 0 Å². The first-order chi connectivity index (χ1) is 14.0. The van der Waals surface area contributed by atoms with E-state index in [1.807, 2.05) is 12.1 Å². The number of amides is 2. The van der Waals surface area contributed by atoms with Crippen LogP contribution in [0.5, 0.6) is 0 Å². The van der Waals surface area contributed by atoms with Crippen molar-refractivity contribution in [2.75, 3.05) is 5.88 Å². The number of carbonyl (C=O) groups is 2. The van der Waals surface area contributed by atoms with E-state index in [-0.39, 0.29) is 30.3 Å². The lowest BCUT2D eigenvalue weighted by atomic mass is 10.0. The molecule has 0 heterocycles. The lowest BCUT2D eigenvalue weighted by Crippen LogP contribution is -2.46. The maximum Gasteiger partial charge on any atom is 0.247 e. The van der Waals surface area contributed by atoms with Gasteiger partial charge in [-0.05, 0) is 48.2 Å². The Bertz CT molecular complexity index is 834. The highest BCUT2D eigenvalue weighted by Crippen LogP contribution is 2.27. The molecule has 1 saturated carbocycles. The Morgan fingerprint density at radius 3 is 2.07 bits per heavy atom. The Kier molecular flexibility index (Phi) is 7.82. The van der Waals surface area contributed by atoms with Crippen LogP contribution in [0.15, 0.2) is 48.5 Å². The van der Waals surface area contributed by atoms with Crippen LogP contribution in [0.1, 0.15) is 42.9 Å². The van der Waals surface area contributed by atoms with Gasteiger partial charge in [0.25, 0.3) is 0 Å². The van der Waals surface area contributed by atoms with Gasteiger partial charge in [0.1, 0.15) is 11.9 Å². The predicted molar refractivity (Wildman–Crippen MR) is 117 cm³/mol. The van der Waals surface area contributed by atoms with Crippen molar-refractivity contribution >= 4 is 46.6 Å². The fraction of sp³-hybridized carbons (Fsp3) is 0.364. The minimum atomic E-state index is -0.796. The maximum absolute atomic E-state index is 13.3. The Balaban J connectivity index is 1.94. The van der Waals surface area contributed by atoms with Crippen molar-refractivity contribution in [1.82, 2.24) is 10.2 Å². The number of hydrogen-bond acceptors (Lipinski definition) is 2. The second-order valence-corrected chi connectivity index (χ2v) is 8.37. The molecule has 154 valence electrons. The van der Waals surface area contributed by atoms with Gasteiger partial charge in [-0.1, -0.05) is 60.3 Å². The summed E-state index contributed by atoms with van der Waals surface area (Å²) in [5.74, 6) is -0.733. The minimum Gasteiger partial charge on any atom is -0.351 e. The standard InChI is InChI=1S/C22H23Cl3N2O2/c23-13-20(28)27(14-15-5-9-17(24)10-6-15)21(16-7-11-18(25)12-8-16)22(29)26-19-3-1-2-4-19/h5-12,19,21H,1-4,13-14H2,(H,26,29)/t21-/m1/s1. The van der Waals surface area contributed by atoms with E-state index >= 15 is 0 Å². The van der Waals surface area contributed by atoms with Gasteiger partial charge in [-0.15, -0.1) is 11.6 Å². The highest BCUT2D eigenvalue weighted by molar-refractivity contribution is 6.30. The predicted octanol–water partition coefficient (Wildman–Crippen LogP) is 5.36. The Hall–Kier alpha value is -1.75. The first-order valence-corrected chi connectivity index (χ1v) is 10.9. The smallest absolute Gasteiger partial charge is 0.247 e. The van der Waals surface area contributed by atoms with Crippen molar-refractivity contribution in [2.24, 2.45) is 0 Å². The highest BCUT2D eigenvalue weighted by Gasteiger charge is 2.32. The molecule has 4 nitrogen and oxygen atoms in total. The van der Waals surface area contributed by atoms with Gasteiger partial charge < -0.3 is 10.2 Å². The molecule has 0 radical (unpaired) electrons. The third kappa shape index (κ3) is 5.88. The van der Waals surface area contributed by atoms with Gasteiger partial charge in [-0.2, -0.15) is 0 Å². The van der Waals surface area contributed by atoms with Crippen LogP contribution in [0.3, 0.4) is 0 Å². The molecular formula is C22H23Cl3N2O2. The van der Waals surface area contributed by atoms with Crippen LogP contribution >= 0.6 is 34.8 Å². The van der Waals surface area contributed by atoms with Crippen molar-refractivity contribution in [3.63, 3.8) is 0 Å². The van der Waals surface area contributed by atoms with Crippen molar-refractivity contribution in [2.45, 2.75) is 44.3 Å². The Morgan fingerprint density at radius 1 is 0.966 bits per heavy atom. The van der Waals surface area contributed by atoms with Gasteiger partial charge in [0, 0.05) is 22.6 Å². The first-order valence-electron chi connectivity index (χ1n) is 9.63. The van der Waals surface area contributed by atoms with Gasteiger partial charge in [0.05, 0.1) is 0 Å². The highest BCUT2D eigenvalue weighted by atomic mass is 35.5. The molecule has 1 atom stereocenters. The van der Waals surface area contributed by atoms with E-state index in [1.54, 1.807) is 36.4 Å². The molecule has 0 spiro atoms. The van der Waals surface area contributed by atoms with Crippen LogP contribution in [0.2, 0.25) is 10.0 Å². The van der Waals surface area contributed by atoms with Crippen LogP contribution in [0, 0.1) is 0 Å². The Morgan fingerprint density at radius 2 is 1.52 bits per heavy atom. The summed E-state index contributed by atoms with van der Waals surface area (Å²) in [7, 11) is 0. The summed E-state index contributed by atoms with van der Waals surface area (Å²) >= 11 is 17.9. The van der Waals surface area contributed by atoms with Crippen LogP contribution in [-0.4, -0.2) is 28.6 Å². The van der Waals surface area contributed by atoms with E-state index in [0.717, 1.165) is 31.2 Å². The summed E-state index contributed by atoms with van der Waals surface area (Å²) in [6.07, 6.45) is 4.12. The minimum absolute atomic E-state index is 0.140. The number of halogens is 3. The zero-order chi connectivity index (χ0) is 20.8. The first kappa shape index (κ1) is 21.9. The number of carbonyl (C=O) groups excluding carboxylic acids is 2. The number of alkyl halides is 1. The molecule has 1 fully saturated rings. The molecule has 7 heteroatoms. The summed E-state index contributed by atoms with van der Waals surface area (Å²) in [4.78, 5) is 27.6. The average Bonchev–Trinajstić information content (AvgIpc) is 3.22. The fourth-order valence-corrected chi connectivity index (χ4v) is 4.06. The molecule has 29 heavy (non-hydrogen) atoms. The molecule has 0 aliphatic heterocycles. The molecule has 0 aromatic heterocycles. The number of hydrogen-bond donors (Lipinski definition) is 1. The van der Waals surface area contributed by atoms with Crippen molar-refractivity contribution < 1.29 is 9.59 Å². The van der Waals surface area contributed by atoms with E-state index < -0.39 is 6.04 Å². The fourth-order valence-electron chi connectivity index (χ4n) is 3.65. The molecule has 1 N–H and O–H groups in total. The van der Waals surface area contributed by atoms with Crippen molar-refractivity contribution in [3.05, 3.63) is 69.7 Å². The molecule has 2 amide bonds. The van der Waals surface area contributed by atoms with Crippen LogP contribution in [-0.2, 0) is 16.1 Å². The lowest BCUT2D eigenvalue weighted by Gasteiger charge is -2.32. The third-order valence-corrected chi connectivity index (χ3v) is 5.88. The third-order valence-electron chi connectivity index (χ3n) is 5.15. The van der Waals surface area contributed by atoms with Crippen molar-refractivity contribution in [3.8, 4) is 0 Å². The summed E-state index contributed by atoms with van der Waals surface area (Å²) in [6.45, 7) is 0.244. The molecule has 0 bridgehead atoms. The summed E-state index contributed by atoms with van der Waals surface area (Å²) < 4.78 is 0. The van der Waals surface area contributed by atoms with Gasteiger partial charge in [0.15, 0.2) is 0 Å². The molecule has 1 aliphatic carbocycles. The lowest BCUT2D eigenvalue weighted by molar-refractivity contribution is -0.140. The summed E-state index contributed by atoms with van der Waals surface area (Å²) in [5.41, 5.74) is 1.55. The largest absolute Gasteiger partial charge is 0.351 e. The topological polar surface area (TPSA) is 49.4 Å². The molecule has 2 aromatic rings. The van der Waals surface area contributed by atoms with Gasteiger partial charge >= 0.3 is 0 Å². The number of benzene rings is 2. The molecule has 3 rings (SSSR count). The summed E-state index contributed by atoms with van der Waals surface area (Å²) in [5, 5.41) is 4.29. The zero-order valence-corrected chi connectivity index (χ0v) is 18.2. The van der Waals surface area contributed by atoms with E-state index in [9.17, 15) is 9.59 Å². The van der Waals surface area contributed by atoms with Crippen LogP contribution in [0.4, 0.5) is 0 Å². The molecular weight excluding hydrogens is 431 g/mol. The SMILES string of the molecule is O=C(NC1CCCC1)[C@@H](c1ccc(Cl)cc1)N(Cc1ccc(Cl)cc1)C(=O)CCl. The molecule has 1 aliphatic rings. The van der Waals surface area contributed by atoms with Gasteiger partial charge in [0.2, 0.25) is 11.8 Å². The van der Waals surface area contributed by atoms with Crippen molar-refractivity contribution in [1.29, 1.82) is 0 Å². The monoisotopic (exact) mass is 452 g/mol. The average molecular weight is 454 g/mol. The second-order valence-electron chi connectivity index (χ2n) is 7.23. The molecule has 0 unspecified atom stereocenters. The normalized spacial score (nSPS) is 15.1. The Labute approximate surface area is 186 Å². The van der Waals surface area contributed by atoms with E-state index in [2.05, 4.69) is 5.32 Å². The maximum atomic E-state index is 13.3.